The Morgan fingerprint density at radius 2 is 1.54 bits per heavy atom. The Bertz CT molecular complexity index is 3220. The number of piperazine rings is 2. The van der Waals surface area contributed by atoms with Crippen LogP contribution < -0.4 is 36.6 Å². The number of β-amino-alcohol motifs (C(OH)–C–C–N with tert-alkyl or cyclic N) is 1. The number of likely N-dealkylation sites (N-methyl/N-ethyl adjacent to an activating group) is 1. The molecule has 438 valence electrons. The lowest BCUT2D eigenvalue weighted by molar-refractivity contribution is -0.144. The van der Waals surface area contributed by atoms with Crippen molar-refractivity contribution in [1.29, 1.82) is 0 Å². The van der Waals surface area contributed by atoms with Crippen LogP contribution in [0, 0.1) is 18.2 Å². The molecule has 6 heterocycles. The van der Waals surface area contributed by atoms with E-state index >= 15 is 4.39 Å². The minimum Gasteiger partial charge on any atom is -0.391 e. The van der Waals surface area contributed by atoms with Gasteiger partial charge in [-0.3, -0.25) is 38.5 Å². The van der Waals surface area contributed by atoms with Crippen LogP contribution in [0.5, 0.6) is 0 Å². The number of anilines is 3. The number of hydrogen-bond donors (Lipinski definition) is 6. The summed E-state index contributed by atoms with van der Waals surface area (Å²) in [5.41, 5.74) is 1.07. The number of amides is 6. The van der Waals surface area contributed by atoms with Gasteiger partial charge in [-0.2, -0.15) is 13.2 Å². The third kappa shape index (κ3) is 14.3. The molecule has 20 nitrogen and oxygen atoms in total. The molecule has 3 fully saturated rings. The number of aromatic nitrogens is 3. The number of nitrogens with zero attached hydrogens (tertiary/aromatic N) is 7. The molecule has 8 rings (SSSR count). The number of likely N-dealkylation sites (tertiary alicyclic amines) is 1. The number of aromatic amines is 1. The number of thiazole rings is 1. The fourth-order valence-corrected chi connectivity index (χ4v) is 11.2. The monoisotopic (exact) mass is 1160 g/mol. The first-order valence-electron chi connectivity index (χ1n) is 27.0. The van der Waals surface area contributed by atoms with Crippen molar-refractivity contribution in [2.24, 2.45) is 5.41 Å². The van der Waals surface area contributed by atoms with Gasteiger partial charge in [-0.15, -0.1) is 11.3 Å². The number of nitrogens with one attached hydrogen (secondary N) is 5. The highest BCUT2D eigenvalue weighted by Crippen LogP contribution is 2.38. The van der Waals surface area contributed by atoms with Gasteiger partial charge in [0, 0.05) is 113 Å². The first-order valence-corrected chi connectivity index (χ1v) is 27.9. The number of hydrogen-bond acceptors (Lipinski definition) is 14. The Morgan fingerprint density at radius 3 is 2.16 bits per heavy atom. The molecule has 3 aliphatic heterocycles. The smallest absolute Gasteiger partial charge is 0.391 e. The van der Waals surface area contributed by atoms with Crippen LogP contribution in [0.15, 0.2) is 77.3 Å². The van der Waals surface area contributed by atoms with E-state index in [4.69, 9.17) is 0 Å². The number of carbonyl (C=O) groups excluding carboxylic acids is 6. The lowest BCUT2D eigenvalue weighted by atomic mass is 9.85. The Labute approximate surface area is 475 Å². The standard InChI is InChI=1S/C57H68F4N12O8S/c1-32-28-72(29-33(2)69(32)7)44-23-42(58)39(21-43(44)67-53(79)40-26-63-48(76)22-41(40)57(59,60)61)37-12-13-46(62-25-37)70-16-18-71(19-17-70)50(78)15-14-47(75)64-27-49(77)68-52(56(4,5)6)55(81)73-30-38(74)20-45(73)54(80)65-24-35-8-10-36(11-9-35)51-34(3)66-31-82-51/h8-13,21-23,25-26,31-33,38,45,52,74H,14-20,24,27-30H2,1-7H3,(H,63,76)(H,64,75)(H,65,80)(H,67,79)(H,68,77)/t32-,33+,38-,45+,52-/m1/s1. The predicted octanol–water partition coefficient (Wildman–Crippen LogP) is 5.16. The van der Waals surface area contributed by atoms with Gasteiger partial charge in [-0.05, 0) is 68.6 Å². The maximum atomic E-state index is 16.2. The summed E-state index contributed by atoms with van der Waals surface area (Å²) in [7, 11) is 1.95. The molecule has 6 amide bonds. The zero-order valence-electron chi connectivity index (χ0n) is 46.7. The van der Waals surface area contributed by atoms with Crippen molar-refractivity contribution >= 4 is 64.0 Å². The SMILES string of the molecule is Cc1ncsc1-c1ccc(CNC(=O)[C@@H]2C[C@@H](O)CN2C(=O)[C@@H](NC(=O)CNC(=O)CCC(=O)N2CCN(c3ccc(-c4cc(NC(=O)c5c[nH]c(=O)cc5C(F)(F)F)c(N5C[C@@H](C)N(C)[C@@H](C)C5)cc4F)cn3)CC2)C(C)(C)C)cc1. The molecule has 3 aliphatic rings. The number of aliphatic hydroxyl groups excluding tert-OH is 1. The highest BCUT2D eigenvalue weighted by Gasteiger charge is 2.45. The fourth-order valence-electron chi connectivity index (χ4n) is 10.4. The molecular weight excluding hydrogens is 1090 g/mol. The van der Waals surface area contributed by atoms with Crippen LogP contribution in [0.25, 0.3) is 21.6 Å². The maximum absolute atomic E-state index is 16.2. The van der Waals surface area contributed by atoms with Gasteiger partial charge in [0.2, 0.25) is 35.1 Å². The Hall–Kier alpha value is -7.77. The number of rotatable bonds is 16. The van der Waals surface area contributed by atoms with E-state index in [1.807, 2.05) is 61.9 Å². The van der Waals surface area contributed by atoms with Crippen molar-refractivity contribution in [1.82, 2.24) is 45.6 Å². The Kier molecular flexibility index (Phi) is 18.5. The zero-order valence-corrected chi connectivity index (χ0v) is 47.5. The third-order valence-electron chi connectivity index (χ3n) is 15.2. The second-order valence-corrected chi connectivity index (χ2v) is 23.0. The van der Waals surface area contributed by atoms with E-state index in [0.717, 1.165) is 21.7 Å². The van der Waals surface area contributed by atoms with E-state index < -0.39 is 88.4 Å². The molecule has 2 aromatic carbocycles. The van der Waals surface area contributed by atoms with Gasteiger partial charge < -0.3 is 51.0 Å². The van der Waals surface area contributed by atoms with Crippen molar-refractivity contribution in [2.75, 3.05) is 74.5 Å². The van der Waals surface area contributed by atoms with Gasteiger partial charge in [0.25, 0.3) is 5.91 Å². The molecule has 0 bridgehead atoms. The van der Waals surface area contributed by atoms with E-state index in [2.05, 4.69) is 41.1 Å². The topological polar surface area (TPSA) is 246 Å². The Morgan fingerprint density at radius 1 is 0.854 bits per heavy atom. The van der Waals surface area contributed by atoms with Crippen LogP contribution in [0.4, 0.5) is 34.8 Å². The summed E-state index contributed by atoms with van der Waals surface area (Å²) in [5.74, 6) is -3.83. The lowest BCUT2D eigenvalue weighted by Crippen LogP contribution is -2.58. The van der Waals surface area contributed by atoms with Gasteiger partial charge >= 0.3 is 6.18 Å². The Balaban J connectivity index is 0.819. The van der Waals surface area contributed by atoms with Gasteiger partial charge in [-0.1, -0.05) is 45.0 Å². The molecule has 0 spiro atoms. The molecule has 6 N–H and O–H groups in total. The number of pyridine rings is 2. The van der Waals surface area contributed by atoms with Crippen LogP contribution in [-0.4, -0.2) is 160 Å². The van der Waals surface area contributed by atoms with Gasteiger partial charge in [-0.25, -0.2) is 14.4 Å². The van der Waals surface area contributed by atoms with Crippen LogP contribution in [-0.2, 0) is 36.7 Å². The van der Waals surface area contributed by atoms with Crippen molar-refractivity contribution in [2.45, 2.75) is 104 Å². The molecule has 82 heavy (non-hydrogen) atoms. The summed E-state index contributed by atoms with van der Waals surface area (Å²) in [4.78, 5) is 113. The summed E-state index contributed by atoms with van der Waals surface area (Å²) in [6.07, 6.45) is -4.19. The van der Waals surface area contributed by atoms with Gasteiger partial charge in [0.15, 0.2) is 0 Å². The van der Waals surface area contributed by atoms with Gasteiger partial charge in [0.05, 0.1) is 51.2 Å². The first-order chi connectivity index (χ1) is 38.7. The number of benzene rings is 2. The average molecular weight is 1160 g/mol. The van der Waals surface area contributed by atoms with Crippen LogP contribution in [0.3, 0.4) is 0 Å². The largest absolute Gasteiger partial charge is 0.417 e. The number of alkyl halides is 3. The minimum absolute atomic E-state index is 0.00970. The molecule has 0 aliphatic carbocycles. The minimum atomic E-state index is -5.02. The second-order valence-electron chi connectivity index (χ2n) is 22.2. The van der Waals surface area contributed by atoms with Crippen molar-refractivity contribution in [3.05, 3.63) is 111 Å². The number of aryl methyl sites for hydroxylation is 1. The van der Waals surface area contributed by atoms with Crippen LogP contribution >= 0.6 is 11.3 Å². The highest BCUT2D eigenvalue weighted by atomic mass is 32.1. The van der Waals surface area contributed by atoms with Gasteiger partial charge in [0.1, 0.15) is 23.7 Å². The van der Waals surface area contributed by atoms with E-state index in [0.29, 0.717) is 62.9 Å². The van der Waals surface area contributed by atoms with Crippen LogP contribution in [0.2, 0.25) is 0 Å². The number of carbonyl (C=O) groups is 6. The van der Waals surface area contributed by atoms with Crippen molar-refractivity contribution in [3.63, 3.8) is 0 Å². The summed E-state index contributed by atoms with van der Waals surface area (Å²) >= 11 is 1.54. The van der Waals surface area contributed by atoms with E-state index in [-0.39, 0.29) is 67.3 Å². The summed E-state index contributed by atoms with van der Waals surface area (Å²) in [6.45, 7) is 12.9. The summed E-state index contributed by atoms with van der Waals surface area (Å²) < 4.78 is 58.2. The molecule has 3 aromatic heterocycles. The molecule has 5 aromatic rings. The molecule has 0 radical (unpaired) electrons. The molecular formula is C57H68F4N12O8S. The second kappa shape index (κ2) is 25.2. The summed E-state index contributed by atoms with van der Waals surface area (Å²) in [6, 6.07) is 11.8. The highest BCUT2D eigenvalue weighted by molar-refractivity contribution is 7.13. The maximum Gasteiger partial charge on any atom is 0.417 e. The van der Waals surface area contributed by atoms with Crippen molar-refractivity contribution in [3.8, 4) is 21.6 Å². The quantitative estimate of drug-likeness (QED) is 0.0701. The number of aliphatic hydroxyl groups is 1. The van der Waals surface area contributed by atoms with E-state index in [1.54, 1.807) is 43.3 Å². The van der Waals surface area contributed by atoms with Crippen molar-refractivity contribution < 1.29 is 51.4 Å². The third-order valence-corrected chi connectivity index (χ3v) is 16.2. The van der Waals surface area contributed by atoms with Crippen LogP contribution in [0.1, 0.15) is 81.1 Å². The predicted molar refractivity (Wildman–Crippen MR) is 301 cm³/mol. The normalized spacial score (nSPS) is 19.2. The number of H-pyrrole nitrogens is 1. The summed E-state index contributed by atoms with van der Waals surface area (Å²) in [5, 5.41) is 21.3. The number of halogens is 4. The van der Waals surface area contributed by atoms with E-state index in [1.165, 1.54) is 34.6 Å². The molecule has 3 saturated heterocycles. The zero-order chi connectivity index (χ0) is 59.4. The lowest BCUT2D eigenvalue weighted by Gasteiger charge is -2.44. The van der Waals surface area contributed by atoms with E-state index in [9.17, 15) is 51.8 Å². The first kappa shape index (κ1) is 60.3. The molecule has 0 saturated carbocycles. The average Bonchev–Trinajstić information content (AvgIpc) is 4.10. The molecule has 25 heteroatoms. The molecule has 5 atom stereocenters. The molecule has 0 unspecified atom stereocenters. The fraction of sp³-hybridized carbons (Fsp3) is 0.456.